The molecule has 1 aromatic heterocycles. The summed E-state index contributed by atoms with van der Waals surface area (Å²) in [5.74, 6) is 0.834. The van der Waals surface area contributed by atoms with Gasteiger partial charge < -0.3 is 10.1 Å². The molecule has 0 spiro atoms. The standard InChI is InChI=1S/C23H18ClN3O3/c1-14-25-20-13-17(30-2)9-10-18(20)23(29)27(14)21-12-16(8-11-19(21)24)26-22(28)15-6-4-3-5-7-15/h3-13H,1-2H3,(H,26,28). The first-order valence-electron chi connectivity index (χ1n) is 9.21. The van der Waals surface area contributed by atoms with Crippen LogP contribution in [0.5, 0.6) is 5.75 Å². The van der Waals surface area contributed by atoms with Crippen LogP contribution in [-0.4, -0.2) is 22.6 Å². The number of nitrogens with one attached hydrogen (secondary N) is 1. The lowest BCUT2D eigenvalue weighted by Crippen LogP contribution is -2.23. The summed E-state index contributed by atoms with van der Waals surface area (Å²) in [7, 11) is 1.56. The lowest BCUT2D eigenvalue weighted by Gasteiger charge is -2.14. The number of rotatable bonds is 4. The molecule has 0 aliphatic carbocycles. The zero-order chi connectivity index (χ0) is 21.3. The maximum atomic E-state index is 13.2. The summed E-state index contributed by atoms with van der Waals surface area (Å²) < 4.78 is 6.65. The summed E-state index contributed by atoms with van der Waals surface area (Å²) in [6.07, 6.45) is 0. The number of benzene rings is 3. The summed E-state index contributed by atoms with van der Waals surface area (Å²) >= 11 is 6.41. The number of carbonyl (C=O) groups is 1. The van der Waals surface area contributed by atoms with Gasteiger partial charge in [0, 0.05) is 17.3 Å². The SMILES string of the molecule is COc1ccc2c(=O)n(-c3cc(NC(=O)c4ccccc4)ccc3Cl)c(C)nc2c1. The van der Waals surface area contributed by atoms with Gasteiger partial charge in [-0.15, -0.1) is 0 Å². The highest BCUT2D eigenvalue weighted by Crippen LogP contribution is 2.26. The molecule has 6 nitrogen and oxygen atoms in total. The van der Waals surface area contributed by atoms with Crippen molar-refractivity contribution in [2.75, 3.05) is 12.4 Å². The van der Waals surface area contributed by atoms with Gasteiger partial charge in [0.25, 0.3) is 11.5 Å². The van der Waals surface area contributed by atoms with Gasteiger partial charge >= 0.3 is 0 Å². The molecule has 0 atom stereocenters. The van der Waals surface area contributed by atoms with Crippen LogP contribution in [0.4, 0.5) is 5.69 Å². The van der Waals surface area contributed by atoms with Gasteiger partial charge in [0.1, 0.15) is 11.6 Å². The number of ether oxygens (including phenoxy) is 1. The highest BCUT2D eigenvalue weighted by Gasteiger charge is 2.15. The molecular weight excluding hydrogens is 402 g/mol. The van der Waals surface area contributed by atoms with Crippen molar-refractivity contribution in [2.24, 2.45) is 0 Å². The van der Waals surface area contributed by atoms with E-state index in [1.807, 2.05) is 6.07 Å². The van der Waals surface area contributed by atoms with Crippen LogP contribution in [0.15, 0.2) is 71.5 Å². The van der Waals surface area contributed by atoms with Crippen molar-refractivity contribution in [1.29, 1.82) is 0 Å². The second kappa shape index (κ2) is 8.00. The van der Waals surface area contributed by atoms with Gasteiger partial charge in [0.2, 0.25) is 0 Å². The zero-order valence-corrected chi connectivity index (χ0v) is 17.1. The molecule has 150 valence electrons. The van der Waals surface area contributed by atoms with Crippen LogP contribution in [0.25, 0.3) is 16.6 Å². The van der Waals surface area contributed by atoms with Crippen molar-refractivity contribution in [3.63, 3.8) is 0 Å². The van der Waals surface area contributed by atoms with Crippen LogP contribution in [0.1, 0.15) is 16.2 Å². The first kappa shape index (κ1) is 19.7. The number of amides is 1. The molecule has 4 rings (SSSR count). The summed E-state index contributed by atoms with van der Waals surface area (Å²) in [4.78, 5) is 30.2. The fourth-order valence-corrected chi connectivity index (χ4v) is 3.44. The number of aromatic nitrogens is 2. The number of fused-ring (bicyclic) bond motifs is 1. The zero-order valence-electron chi connectivity index (χ0n) is 16.3. The third-order valence-corrected chi connectivity index (χ3v) is 5.04. The Balaban J connectivity index is 1.79. The van der Waals surface area contributed by atoms with E-state index in [9.17, 15) is 9.59 Å². The number of hydrogen-bond donors (Lipinski definition) is 1. The van der Waals surface area contributed by atoms with E-state index in [0.29, 0.717) is 44.4 Å². The molecule has 1 N–H and O–H groups in total. The largest absolute Gasteiger partial charge is 0.497 e. The molecule has 7 heteroatoms. The lowest BCUT2D eigenvalue weighted by atomic mass is 10.2. The molecule has 0 unspecified atom stereocenters. The van der Waals surface area contributed by atoms with Crippen molar-refractivity contribution in [3.05, 3.63) is 93.5 Å². The molecule has 0 bridgehead atoms. The second-order valence-corrected chi connectivity index (χ2v) is 7.08. The van der Waals surface area contributed by atoms with Gasteiger partial charge in [0.05, 0.1) is 28.7 Å². The van der Waals surface area contributed by atoms with E-state index in [1.54, 1.807) is 74.7 Å². The van der Waals surface area contributed by atoms with Crippen LogP contribution in [0, 0.1) is 6.92 Å². The number of methoxy groups -OCH3 is 1. The maximum Gasteiger partial charge on any atom is 0.266 e. The molecule has 0 saturated carbocycles. The molecule has 1 heterocycles. The third-order valence-electron chi connectivity index (χ3n) is 4.73. The Morgan fingerprint density at radius 2 is 1.83 bits per heavy atom. The van der Waals surface area contributed by atoms with E-state index in [0.717, 1.165) is 0 Å². The smallest absolute Gasteiger partial charge is 0.266 e. The Labute approximate surface area is 177 Å². The third kappa shape index (κ3) is 3.65. The Hall–Kier alpha value is -3.64. The van der Waals surface area contributed by atoms with Crippen molar-refractivity contribution in [3.8, 4) is 11.4 Å². The Morgan fingerprint density at radius 3 is 2.57 bits per heavy atom. The Bertz CT molecular complexity index is 1320. The summed E-state index contributed by atoms with van der Waals surface area (Å²) in [6.45, 7) is 1.73. The second-order valence-electron chi connectivity index (χ2n) is 6.67. The summed E-state index contributed by atoms with van der Waals surface area (Å²) in [5, 5.41) is 3.65. The number of aryl methyl sites for hydroxylation is 1. The summed E-state index contributed by atoms with van der Waals surface area (Å²) in [6, 6.07) is 19.0. The van der Waals surface area contributed by atoms with Crippen LogP contribution in [-0.2, 0) is 0 Å². The molecule has 3 aromatic carbocycles. The van der Waals surface area contributed by atoms with Gasteiger partial charge in [-0.3, -0.25) is 14.2 Å². The summed E-state index contributed by atoms with van der Waals surface area (Å²) in [5.41, 5.74) is 1.77. The predicted molar refractivity (Wildman–Crippen MR) is 118 cm³/mol. The molecular formula is C23H18ClN3O3. The predicted octanol–water partition coefficient (Wildman–Crippen LogP) is 4.61. The molecule has 4 aromatic rings. The average molecular weight is 420 g/mol. The molecule has 0 saturated heterocycles. The van der Waals surface area contributed by atoms with Gasteiger partial charge in [-0.1, -0.05) is 29.8 Å². The van der Waals surface area contributed by atoms with Crippen molar-refractivity contribution < 1.29 is 9.53 Å². The van der Waals surface area contributed by atoms with Crippen molar-refractivity contribution in [1.82, 2.24) is 9.55 Å². The topological polar surface area (TPSA) is 73.2 Å². The number of hydrogen-bond acceptors (Lipinski definition) is 4. The van der Waals surface area contributed by atoms with Gasteiger partial charge in [-0.05, 0) is 49.4 Å². The molecule has 0 aliphatic heterocycles. The van der Waals surface area contributed by atoms with E-state index in [4.69, 9.17) is 16.3 Å². The van der Waals surface area contributed by atoms with Crippen LogP contribution in [0.3, 0.4) is 0 Å². The average Bonchev–Trinajstić information content (AvgIpc) is 2.76. The van der Waals surface area contributed by atoms with E-state index >= 15 is 0 Å². The molecule has 0 fully saturated rings. The van der Waals surface area contributed by atoms with Crippen LogP contribution in [0.2, 0.25) is 5.02 Å². The van der Waals surface area contributed by atoms with Crippen molar-refractivity contribution in [2.45, 2.75) is 6.92 Å². The fraction of sp³-hybridized carbons (Fsp3) is 0.0870. The fourth-order valence-electron chi connectivity index (χ4n) is 3.24. The number of anilines is 1. The molecule has 0 radical (unpaired) electrons. The minimum Gasteiger partial charge on any atom is -0.497 e. The van der Waals surface area contributed by atoms with Gasteiger partial charge in [-0.2, -0.15) is 0 Å². The van der Waals surface area contributed by atoms with Gasteiger partial charge in [0.15, 0.2) is 0 Å². The van der Waals surface area contributed by atoms with Crippen LogP contribution >= 0.6 is 11.6 Å². The highest BCUT2D eigenvalue weighted by atomic mass is 35.5. The van der Waals surface area contributed by atoms with Gasteiger partial charge in [-0.25, -0.2) is 4.98 Å². The lowest BCUT2D eigenvalue weighted by molar-refractivity contribution is 0.102. The molecule has 30 heavy (non-hydrogen) atoms. The molecule has 0 aliphatic rings. The Morgan fingerprint density at radius 1 is 1.07 bits per heavy atom. The monoisotopic (exact) mass is 419 g/mol. The highest BCUT2D eigenvalue weighted by molar-refractivity contribution is 6.32. The normalized spacial score (nSPS) is 10.8. The Kier molecular flexibility index (Phi) is 5.25. The number of nitrogens with zero attached hydrogens (tertiary/aromatic N) is 2. The first-order chi connectivity index (χ1) is 14.5. The van der Waals surface area contributed by atoms with E-state index in [-0.39, 0.29) is 11.5 Å². The van der Waals surface area contributed by atoms with E-state index in [2.05, 4.69) is 10.3 Å². The van der Waals surface area contributed by atoms with E-state index < -0.39 is 0 Å². The van der Waals surface area contributed by atoms with Crippen molar-refractivity contribution >= 4 is 34.1 Å². The maximum absolute atomic E-state index is 13.2. The first-order valence-corrected chi connectivity index (χ1v) is 9.59. The minimum absolute atomic E-state index is 0.253. The van der Waals surface area contributed by atoms with Crippen LogP contribution < -0.4 is 15.6 Å². The quantitative estimate of drug-likeness (QED) is 0.524. The number of halogens is 1. The minimum atomic E-state index is -0.256. The van der Waals surface area contributed by atoms with E-state index in [1.165, 1.54) is 4.57 Å². The molecule has 1 amide bonds. The number of carbonyl (C=O) groups excluding carboxylic acids is 1.